The van der Waals surface area contributed by atoms with Crippen molar-refractivity contribution in [3.63, 3.8) is 0 Å². The summed E-state index contributed by atoms with van der Waals surface area (Å²) in [6.45, 7) is 10.2. The normalized spacial score (nSPS) is 14.1. The largest absolute Gasteiger partial charge is 0.462 e. The Morgan fingerprint density at radius 1 is 0.585 bits per heavy atom. The number of likely N-dealkylation sites (N-methyl/N-ethyl adjacent to an activating group) is 1. The molecule has 8 heteroatoms. The second-order valence-corrected chi connectivity index (χ2v) is 16.0. The molecule has 1 rings (SSSR count). The van der Waals surface area contributed by atoms with Crippen molar-refractivity contribution >= 4 is 18.0 Å². The van der Waals surface area contributed by atoms with Gasteiger partial charge < -0.3 is 19.1 Å². The molecule has 0 aliphatic carbocycles. The topological polar surface area (TPSA) is 85.4 Å². The van der Waals surface area contributed by atoms with E-state index in [-0.39, 0.29) is 31.2 Å². The van der Waals surface area contributed by atoms with Gasteiger partial charge in [0.25, 0.3) is 0 Å². The summed E-state index contributed by atoms with van der Waals surface area (Å²) in [5, 5.41) is 0. The van der Waals surface area contributed by atoms with Crippen molar-refractivity contribution in [3.8, 4) is 0 Å². The molecule has 0 aromatic rings. The highest BCUT2D eigenvalue weighted by Crippen LogP contribution is 2.18. The minimum Gasteiger partial charge on any atom is -0.462 e. The maximum absolute atomic E-state index is 12.8. The zero-order chi connectivity index (χ0) is 38.8. The number of nitrogens with zero attached hydrogens (tertiary/aromatic N) is 2. The number of carbonyl (C=O) groups is 3. The van der Waals surface area contributed by atoms with Crippen LogP contribution in [0.3, 0.4) is 0 Å². The van der Waals surface area contributed by atoms with Gasteiger partial charge in [0.2, 0.25) is 0 Å². The van der Waals surface area contributed by atoms with Crippen molar-refractivity contribution in [3.05, 3.63) is 12.2 Å². The number of carbonyl (C=O) groups excluding carboxylic acids is 3. The predicted octanol–water partition coefficient (Wildman–Crippen LogP) is 12.1. The Bertz CT molecular complexity index is 919. The van der Waals surface area contributed by atoms with Gasteiger partial charge in [0.15, 0.2) is 6.10 Å². The van der Waals surface area contributed by atoms with E-state index >= 15 is 0 Å². The van der Waals surface area contributed by atoms with Crippen LogP contribution >= 0.6 is 0 Å². The smallest absolute Gasteiger partial charge is 0.409 e. The maximum atomic E-state index is 12.8. The van der Waals surface area contributed by atoms with Crippen LogP contribution < -0.4 is 0 Å². The summed E-state index contributed by atoms with van der Waals surface area (Å²) >= 11 is 0. The van der Waals surface area contributed by atoms with Crippen molar-refractivity contribution in [1.82, 2.24) is 9.80 Å². The zero-order valence-electron chi connectivity index (χ0n) is 35.4. The number of allylic oxidation sites excluding steroid dienone is 2. The molecule has 1 aliphatic rings. The first-order valence-electron chi connectivity index (χ1n) is 22.4. The number of hydrogen-bond acceptors (Lipinski definition) is 7. The van der Waals surface area contributed by atoms with Gasteiger partial charge in [-0.25, -0.2) is 4.79 Å². The number of hydrogen-bond donors (Lipinski definition) is 0. The monoisotopic (exact) mass is 749 g/mol. The summed E-state index contributed by atoms with van der Waals surface area (Å²) in [6.07, 6.45) is 35.9. The lowest BCUT2D eigenvalue weighted by atomic mass is 10.0. The second-order valence-electron chi connectivity index (χ2n) is 16.0. The van der Waals surface area contributed by atoms with Crippen molar-refractivity contribution in [2.24, 2.45) is 0 Å². The highest BCUT2D eigenvalue weighted by atomic mass is 16.6. The predicted molar refractivity (Wildman–Crippen MR) is 220 cm³/mol. The van der Waals surface area contributed by atoms with Gasteiger partial charge in [0.1, 0.15) is 13.2 Å². The Morgan fingerprint density at radius 2 is 0.981 bits per heavy atom. The van der Waals surface area contributed by atoms with E-state index in [0.717, 1.165) is 64.5 Å². The first-order chi connectivity index (χ1) is 25.8. The van der Waals surface area contributed by atoms with Gasteiger partial charge in [-0.3, -0.25) is 14.5 Å². The van der Waals surface area contributed by atoms with E-state index in [0.29, 0.717) is 18.9 Å². The molecule has 1 aliphatic heterocycles. The van der Waals surface area contributed by atoms with Gasteiger partial charge in [-0.05, 0) is 52.4 Å². The molecule has 1 amide bonds. The minimum atomic E-state index is -0.813. The molecule has 0 saturated carbocycles. The third kappa shape index (κ3) is 28.0. The Labute approximate surface area is 326 Å². The van der Waals surface area contributed by atoms with Crippen LogP contribution in [0.25, 0.3) is 0 Å². The fourth-order valence-electron chi connectivity index (χ4n) is 6.82. The van der Waals surface area contributed by atoms with Crippen molar-refractivity contribution in [2.45, 2.75) is 226 Å². The molecule has 0 aromatic carbocycles. The van der Waals surface area contributed by atoms with Gasteiger partial charge in [-0.1, -0.05) is 154 Å². The van der Waals surface area contributed by atoms with Crippen LogP contribution in [-0.4, -0.2) is 79.4 Å². The number of ether oxygens (including phenoxy) is 3. The van der Waals surface area contributed by atoms with E-state index in [1.807, 2.05) is 0 Å². The average molecular weight is 749 g/mol. The van der Waals surface area contributed by atoms with Gasteiger partial charge in [-0.2, -0.15) is 0 Å². The van der Waals surface area contributed by atoms with Gasteiger partial charge in [0, 0.05) is 39.0 Å². The molecule has 0 radical (unpaired) electrons. The lowest BCUT2D eigenvalue weighted by molar-refractivity contribution is -0.161. The number of unbranched alkanes of at least 4 members (excludes halogenated alkanes) is 23. The summed E-state index contributed by atoms with van der Waals surface area (Å²) in [6, 6.07) is 0.542. The average Bonchev–Trinajstić information content (AvgIpc) is 3.12. The molecule has 8 nitrogen and oxygen atoms in total. The number of likely N-dealkylation sites (tertiary alicyclic amines) is 1. The molecule has 1 fully saturated rings. The zero-order valence-corrected chi connectivity index (χ0v) is 35.4. The fraction of sp³-hybridized carbons (Fsp3) is 0.889. The quantitative estimate of drug-likeness (QED) is 0.0273. The van der Waals surface area contributed by atoms with E-state index in [1.54, 1.807) is 11.9 Å². The summed E-state index contributed by atoms with van der Waals surface area (Å²) in [5.74, 6) is -0.630. The SMILES string of the molecule is CCCCCCCC/C=C\CCCCCCCC(=O)OC(COC(=O)CCCCCCCCCCCCCCC)COC(=O)N(C)C1CN(C(C)C)C1. The molecule has 0 spiro atoms. The molecular weight excluding hydrogens is 665 g/mol. The molecule has 1 heterocycles. The Kier molecular flexibility index (Phi) is 31.8. The van der Waals surface area contributed by atoms with Gasteiger partial charge in [0.05, 0.1) is 6.04 Å². The molecular formula is C45H84N2O6. The first-order valence-corrected chi connectivity index (χ1v) is 22.4. The summed E-state index contributed by atoms with van der Waals surface area (Å²) in [5.41, 5.74) is 0. The maximum Gasteiger partial charge on any atom is 0.409 e. The van der Waals surface area contributed by atoms with Crippen LogP contribution in [0.4, 0.5) is 4.79 Å². The second kappa shape index (κ2) is 34.4. The third-order valence-electron chi connectivity index (χ3n) is 10.7. The van der Waals surface area contributed by atoms with Crippen LogP contribution in [0.15, 0.2) is 12.2 Å². The Balaban J connectivity index is 2.30. The lowest BCUT2D eigenvalue weighted by Gasteiger charge is -2.45. The molecule has 1 atom stereocenters. The molecule has 53 heavy (non-hydrogen) atoms. The Hall–Kier alpha value is -2.09. The summed E-state index contributed by atoms with van der Waals surface area (Å²) in [4.78, 5) is 42.0. The fourth-order valence-corrected chi connectivity index (χ4v) is 6.82. The Morgan fingerprint density at radius 3 is 1.43 bits per heavy atom. The minimum absolute atomic E-state index is 0.100. The number of amides is 1. The molecule has 0 bridgehead atoms. The first kappa shape index (κ1) is 48.9. The number of rotatable bonds is 36. The van der Waals surface area contributed by atoms with Crippen LogP contribution in [-0.2, 0) is 23.8 Å². The molecule has 0 aromatic heterocycles. The highest BCUT2D eigenvalue weighted by Gasteiger charge is 2.34. The molecule has 1 unspecified atom stereocenters. The van der Waals surface area contributed by atoms with Crippen LogP contribution in [0.1, 0.15) is 207 Å². The van der Waals surface area contributed by atoms with Crippen molar-refractivity contribution in [1.29, 1.82) is 0 Å². The van der Waals surface area contributed by atoms with Crippen LogP contribution in [0, 0.1) is 0 Å². The molecule has 1 saturated heterocycles. The summed E-state index contributed by atoms with van der Waals surface area (Å²) in [7, 11) is 1.74. The lowest BCUT2D eigenvalue weighted by Crippen LogP contribution is -2.61. The highest BCUT2D eigenvalue weighted by molar-refractivity contribution is 5.70. The van der Waals surface area contributed by atoms with Crippen LogP contribution in [0.5, 0.6) is 0 Å². The molecule has 0 N–H and O–H groups in total. The van der Waals surface area contributed by atoms with Gasteiger partial charge >= 0.3 is 18.0 Å². The van der Waals surface area contributed by atoms with Crippen LogP contribution in [0.2, 0.25) is 0 Å². The van der Waals surface area contributed by atoms with Crippen molar-refractivity contribution in [2.75, 3.05) is 33.4 Å². The van der Waals surface area contributed by atoms with Crippen molar-refractivity contribution < 1.29 is 28.6 Å². The van der Waals surface area contributed by atoms with E-state index < -0.39 is 12.2 Å². The van der Waals surface area contributed by atoms with E-state index in [4.69, 9.17) is 14.2 Å². The standard InChI is InChI=1S/C45H84N2O6/c1-6-8-10-12-14-16-18-20-21-23-25-27-29-31-33-35-44(49)53-42(39-52-45(50)46(5)41-36-47(37-41)40(3)4)38-51-43(48)34-32-30-28-26-24-22-19-17-15-13-11-9-7-2/h20-21,40-42H,6-19,22-39H2,1-5H3/b21-20-. The van der Waals surface area contributed by atoms with E-state index in [9.17, 15) is 14.4 Å². The van der Waals surface area contributed by atoms with Gasteiger partial charge in [-0.15, -0.1) is 0 Å². The van der Waals surface area contributed by atoms with E-state index in [2.05, 4.69) is 44.7 Å². The summed E-state index contributed by atoms with van der Waals surface area (Å²) < 4.78 is 16.8. The van der Waals surface area contributed by atoms with E-state index in [1.165, 1.54) is 116 Å². The molecule has 310 valence electrons. The number of esters is 2. The third-order valence-corrected chi connectivity index (χ3v) is 10.7.